The lowest BCUT2D eigenvalue weighted by Gasteiger charge is -2.30. The van der Waals surface area contributed by atoms with Gasteiger partial charge in [-0.15, -0.1) is 0 Å². The summed E-state index contributed by atoms with van der Waals surface area (Å²) in [7, 11) is 3.84. The molecule has 1 fully saturated rings. The molecule has 1 saturated heterocycles. The summed E-state index contributed by atoms with van der Waals surface area (Å²) < 4.78 is 0. The van der Waals surface area contributed by atoms with Crippen molar-refractivity contribution in [3.63, 3.8) is 0 Å². The van der Waals surface area contributed by atoms with E-state index in [0.717, 1.165) is 19.4 Å². The smallest absolute Gasteiger partial charge is 0.166 e. The quantitative estimate of drug-likeness (QED) is 0.659. The Kier molecular flexibility index (Phi) is 2.85. The van der Waals surface area contributed by atoms with E-state index >= 15 is 0 Å². The molecule has 0 aromatic heterocycles. The van der Waals surface area contributed by atoms with E-state index in [0.29, 0.717) is 12.3 Å². The molecule has 0 aromatic carbocycles. The molecule has 0 bridgehead atoms. The first-order valence-electron chi connectivity index (χ1n) is 4.50. The highest BCUT2D eigenvalue weighted by Crippen LogP contribution is 2.27. The van der Waals surface area contributed by atoms with Gasteiger partial charge in [-0.25, -0.2) is 0 Å². The molecule has 1 aliphatic heterocycles. The van der Waals surface area contributed by atoms with E-state index in [1.165, 1.54) is 0 Å². The Hall–Kier alpha value is -0.410. The molecule has 0 amide bonds. The normalized spacial score (nSPS) is 30.9. The average Bonchev–Trinajstić information content (AvgIpc) is 2.34. The van der Waals surface area contributed by atoms with E-state index in [-0.39, 0.29) is 5.54 Å². The number of carbonyl (C=O) groups is 1. The largest absolute Gasteiger partial charge is 0.313 e. The van der Waals surface area contributed by atoms with Crippen LogP contribution in [0.5, 0.6) is 0 Å². The molecule has 0 radical (unpaired) electrons. The molecule has 3 nitrogen and oxygen atoms in total. The Morgan fingerprint density at radius 3 is 2.75 bits per heavy atom. The van der Waals surface area contributed by atoms with Crippen LogP contribution in [0, 0.1) is 0 Å². The number of carbonyl (C=O) groups excluding carboxylic acids is 1. The van der Waals surface area contributed by atoms with Crippen molar-refractivity contribution >= 4 is 5.78 Å². The molecule has 1 atom stereocenters. The minimum absolute atomic E-state index is 0.205. The summed E-state index contributed by atoms with van der Waals surface area (Å²) in [6.45, 7) is 3.58. The minimum Gasteiger partial charge on any atom is -0.313 e. The Labute approximate surface area is 74.1 Å². The van der Waals surface area contributed by atoms with Crippen LogP contribution in [0.2, 0.25) is 0 Å². The number of rotatable bonds is 3. The Morgan fingerprint density at radius 2 is 2.33 bits per heavy atom. The number of nitrogens with one attached hydrogen (secondary N) is 1. The van der Waals surface area contributed by atoms with Crippen LogP contribution in [0.3, 0.4) is 0 Å². The number of ketones is 1. The molecule has 1 aliphatic rings. The number of hydrogen-bond acceptors (Lipinski definition) is 3. The van der Waals surface area contributed by atoms with Gasteiger partial charge in [-0.2, -0.15) is 0 Å². The third-order valence-electron chi connectivity index (χ3n) is 2.94. The van der Waals surface area contributed by atoms with E-state index in [1.54, 1.807) is 0 Å². The lowest BCUT2D eigenvalue weighted by Crippen LogP contribution is -2.48. The van der Waals surface area contributed by atoms with Crippen molar-refractivity contribution in [2.24, 2.45) is 0 Å². The molecule has 1 rings (SSSR count). The molecule has 1 N–H and O–H groups in total. The highest BCUT2D eigenvalue weighted by molar-refractivity contribution is 5.90. The fourth-order valence-electron chi connectivity index (χ4n) is 1.80. The first-order chi connectivity index (χ1) is 5.61. The maximum Gasteiger partial charge on any atom is 0.166 e. The maximum atomic E-state index is 11.7. The first-order valence-corrected chi connectivity index (χ1v) is 4.50. The summed E-state index contributed by atoms with van der Waals surface area (Å²) in [6.07, 6.45) is 2.15. The van der Waals surface area contributed by atoms with Crippen LogP contribution in [0.15, 0.2) is 0 Å². The first kappa shape index (κ1) is 9.68. The van der Waals surface area contributed by atoms with Gasteiger partial charge in [0.1, 0.15) is 0 Å². The SMILES string of the molecule is CNCC(=O)[C@@]1(C)CCCN1C. The topological polar surface area (TPSA) is 32.3 Å². The lowest BCUT2D eigenvalue weighted by molar-refractivity contribution is -0.127. The summed E-state index contributed by atoms with van der Waals surface area (Å²) in [6, 6.07) is 0. The van der Waals surface area contributed by atoms with Crippen LogP contribution in [-0.2, 0) is 4.79 Å². The fraction of sp³-hybridized carbons (Fsp3) is 0.889. The van der Waals surface area contributed by atoms with Crippen LogP contribution >= 0.6 is 0 Å². The molecular formula is C9H18N2O. The van der Waals surface area contributed by atoms with Gasteiger partial charge in [0.05, 0.1) is 12.1 Å². The second kappa shape index (κ2) is 3.54. The van der Waals surface area contributed by atoms with E-state index < -0.39 is 0 Å². The number of nitrogens with zero attached hydrogens (tertiary/aromatic N) is 1. The van der Waals surface area contributed by atoms with Crippen molar-refractivity contribution < 1.29 is 4.79 Å². The Morgan fingerprint density at radius 1 is 1.67 bits per heavy atom. The van der Waals surface area contributed by atoms with Crippen molar-refractivity contribution in [2.45, 2.75) is 25.3 Å². The molecule has 0 aliphatic carbocycles. The van der Waals surface area contributed by atoms with Gasteiger partial charge in [-0.05, 0) is 40.4 Å². The second-order valence-electron chi connectivity index (χ2n) is 3.75. The van der Waals surface area contributed by atoms with Crippen LogP contribution in [0.1, 0.15) is 19.8 Å². The second-order valence-corrected chi connectivity index (χ2v) is 3.75. The molecular weight excluding hydrogens is 152 g/mol. The molecule has 0 saturated carbocycles. The predicted molar refractivity (Wildman–Crippen MR) is 49.2 cm³/mol. The summed E-state index contributed by atoms with van der Waals surface area (Å²) in [5, 5.41) is 2.91. The average molecular weight is 170 g/mol. The molecule has 0 spiro atoms. The molecule has 0 unspecified atom stereocenters. The Bertz CT molecular complexity index is 181. The zero-order valence-electron chi connectivity index (χ0n) is 8.18. The molecule has 3 heteroatoms. The minimum atomic E-state index is -0.205. The van der Waals surface area contributed by atoms with Crippen molar-refractivity contribution in [3.8, 4) is 0 Å². The van der Waals surface area contributed by atoms with Crippen LogP contribution < -0.4 is 5.32 Å². The zero-order valence-corrected chi connectivity index (χ0v) is 8.18. The lowest BCUT2D eigenvalue weighted by atomic mass is 9.93. The Balaban J connectivity index is 2.63. The standard InChI is InChI=1S/C9H18N2O/c1-9(8(12)7-10-2)5-4-6-11(9)3/h10H,4-7H2,1-3H3/t9-/m1/s1. The highest BCUT2D eigenvalue weighted by Gasteiger charge is 2.39. The van der Waals surface area contributed by atoms with Crippen LogP contribution in [0.4, 0.5) is 0 Å². The highest BCUT2D eigenvalue weighted by atomic mass is 16.1. The summed E-state index contributed by atoms with van der Waals surface area (Å²) in [4.78, 5) is 13.8. The molecule has 0 aromatic rings. The molecule has 12 heavy (non-hydrogen) atoms. The number of Topliss-reactive ketones (excluding diaryl/α,β-unsaturated/α-hetero) is 1. The van der Waals surface area contributed by atoms with Gasteiger partial charge < -0.3 is 5.32 Å². The van der Waals surface area contributed by atoms with Gasteiger partial charge in [-0.1, -0.05) is 0 Å². The van der Waals surface area contributed by atoms with Gasteiger partial charge in [0.15, 0.2) is 5.78 Å². The maximum absolute atomic E-state index is 11.7. The van der Waals surface area contributed by atoms with Gasteiger partial charge in [0.2, 0.25) is 0 Å². The fourth-order valence-corrected chi connectivity index (χ4v) is 1.80. The predicted octanol–water partition coefficient (Wildman–Crippen LogP) is 0.259. The van der Waals surface area contributed by atoms with E-state index in [9.17, 15) is 4.79 Å². The third-order valence-corrected chi connectivity index (χ3v) is 2.94. The van der Waals surface area contributed by atoms with Gasteiger partial charge >= 0.3 is 0 Å². The number of likely N-dealkylation sites (tertiary alicyclic amines) is 1. The van der Waals surface area contributed by atoms with Crippen molar-refractivity contribution in [1.82, 2.24) is 10.2 Å². The van der Waals surface area contributed by atoms with Crippen molar-refractivity contribution in [3.05, 3.63) is 0 Å². The van der Waals surface area contributed by atoms with E-state index in [2.05, 4.69) is 10.2 Å². The van der Waals surface area contributed by atoms with Gasteiger partial charge in [-0.3, -0.25) is 9.69 Å². The van der Waals surface area contributed by atoms with E-state index in [4.69, 9.17) is 0 Å². The summed E-state index contributed by atoms with van der Waals surface area (Å²) in [5.74, 6) is 0.310. The zero-order chi connectivity index (χ0) is 9.19. The summed E-state index contributed by atoms with van der Waals surface area (Å²) in [5.41, 5.74) is -0.205. The van der Waals surface area contributed by atoms with Crippen LogP contribution in [0.25, 0.3) is 0 Å². The van der Waals surface area contributed by atoms with Gasteiger partial charge in [0, 0.05) is 0 Å². The van der Waals surface area contributed by atoms with Crippen molar-refractivity contribution in [2.75, 3.05) is 27.2 Å². The van der Waals surface area contributed by atoms with Crippen LogP contribution in [-0.4, -0.2) is 43.4 Å². The summed E-state index contributed by atoms with van der Waals surface area (Å²) >= 11 is 0. The van der Waals surface area contributed by atoms with E-state index in [1.807, 2.05) is 21.0 Å². The monoisotopic (exact) mass is 170 g/mol. The van der Waals surface area contributed by atoms with Gasteiger partial charge in [0.25, 0.3) is 0 Å². The number of hydrogen-bond donors (Lipinski definition) is 1. The molecule has 70 valence electrons. The molecule has 1 heterocycles. The third kappa shape index (κ3) is 1.52. The van der Waals surface area contributed by atoms with Crippen molar-refractivity contribution in [1.29, 1.82) is 0 Å². The number of likely N-dealkylation sites (N-methyl/N-ethyl adjacent to an activating group) is 2.